The van der Waals surface area contributed by atoms with E-state index >= 15 is 0 Å². The largest absolute Gasteiger partial charge is 0.353 e. The van der Waals surface area contributed by atoms with Crippen molar-refractivity contribution < 1.29 is 0 Å². The number of fused-ring (bicyclic) bond motifs is 1. The number of nitrogens with zero attached hydrogens (tertiary/aromatic N) is 4. The maximum absolute atomic E-state index is 4.81. The van der Waals surface area contributed by atoms with Crippen LogP contribution in [0.25, 0.3) is 10.9 Å². The monoisotopic (exact) mass is 271 g/mol. The third-order valence-electron chi connectivity index (χ3n) is 3.50. The highest BCUT2D eigenvalue weighted by atomic mass is 15.2. The zero-order chi connectivity index (χ0) is 13.9. The van der Waals surface area contributed by atoms with Crippen LogP contribution in [0, 0.1) is 0 Å². The van der Waals surface area contributed by atoms with Crippen molar-refractivity contribution >= 4 is 16.7 Å². The number of aromatic nitrogens is 2. The van der Waals surface area contributed by atoms with Gasteiger partial charge >= 0.3 is 0 Å². The summed E-state index contributed by atoms with van der Waals surface area (Å²) in [6.07, 6.45) is 0. The quantitative estimate of drug-likeness (QED) is 0.905. The predicted octanol–water partition coefficient (Wildman–Crippen LogP) is 1.10. The second-order valence-electron chi connectivity index (χ2n) is 5.46. The first-order valence-corrected chi connectivity index (χ1v) is 7.10. The molecule has 1 aromatic carbocycles. The Labute approximate surface area is 119 Å². The molecule has 1 fully saturated rings. The Balaban J connectivity index is 2.06. The minimum Gasteiger partial charge on any atom is -0.353 e. The zero-order valence-electron chi connectivity index (χ0n) is 12.1. The summed E-state index contributed by atoms with van der Waals surface area (Å²) < 4.78 is 0. The Morgan fingerprint density at radius 1 is 1.15 bits per heavy atom. The maximum atomic E-state index is 4.81. The van der Waals surface area contributed by atoms with E-state index in [4.69, 9.17) is 4.98 Å². The van der Waals surface area contributed by atoms with Gasteiger partial charge in [-0.1, -0.05) is 12.1 Å². The van der Waals surface area contributed by atoms with Crippen LogP contribution >= 0.6 is 0 Å². The summed E-state index contributed by atoms with van der Waals surface area (Å²) in [6.45, 7) is 4.80. The highest BCUT2D eigenvalue weighted by molar-refractivity contribution is 5.89. The van der Waals surface area contributed by atoms with Crippen LogP contribution in [0.15, 0.2) is 24.3 Å². The number of benzene rings is 1. The summed E-state index contributed by atoms with van der Waals surface area (Å²) >= 11 is 0. The van der Waals surface area contributed by atoms with Crippen molar-refractivity contribution in [1.29, 1.82) is 0 Å². The summed E-state index contributed by atoms with van der Waals surface area (Å²) in [5.41, 5.74) is 1.04. The Hall–Kier alpha value is -1.72. The van der Waals surface area contributed by atoms with Crippen LogP contribution in [0.2, 0.25) is 0 Å². The number of hydrogen-bond donors (Lipinski definition) is 1. The standard InChI is InChI=1S/C15H21N5/c1-19(2)11-14-17-13-6-4-3-5-12(13)15(18-14)20-9-7-16-8-10-20/h3-6,16H,7-11H2,1-2H3. The summed E-state index contributed by atoms with van der Waals surface area (Å²) in [4.78, 5) is 13.9. The van der Waals surface area contributed by atoms with Gasteiger partial charge in [-0.15, -0.1) is 0 Å². The Morgan fingerprint density at radius 3 is 2.65 bits per heavy atom. The summed E-state index contributed by atoms with van der Waals surface area (Å²) in [7, 11) is 4.09. The first kappa shape index (κ1) is 13.3. The number of hydrogen-bond acceptors (Lipinski definition) is 5. The number of nitrogens with one attached hydrogen (secondary N) is 1. The van der Waals surface area contributed by atoms with Crippen molar-refractivity contribution in [2.75, 3.05) is 45.2 Å². The first-order chi connectivity index (χ1) is 9.74. The average Bonchev–Trinajstić information content (AvgIpc) is 2.47. The van der Waals surface area contributed by atoms with Crippen molar-refractivity contribution in [3.8, 4) is 0 Å². The summed E-state index contributed by atoms with van der Waals surface area (Å²) in [5, 5.41) is 4.54. The molecule has 1 aliphatic rings. The topological polar surface area (TPSA) is 44.3 Å². The number of anilines is 1. The lowest BCUT2D eigenvalue weighted by Crippen LogP contribution is -2.44. The summed E-state index contributed by atoms with van der Waals surface area (Å²) in [5.74, 6) is 1.97. The molecule has 0 radical (unpaired) electrons. The molecule has 5 nitrogen and oxygen atoms in total. The van der Waals surface area contributed by atoms with E-state index in [0.29, 0.717) is 0 Å². The third kappa shape index (κ3) is 2.73. The van der Waals surface area contributed by atoms with E-state index in [1.165, 1.54) is 0 Å². The molecule has 2 aromatic rings. The molecule has 20 heavy (non-hydrogen) atoms. The molecule has 1 saturated heterocycles. The van der Waals surface area contributed by atoms with E-state index in [1.807, 2.05) is 20.2 Å². The predicted molar refractivity (Wildman–Crippen MR) is 82.0 cm³/mol. The number of piperazine rings is 1. The molecule has 106 valence electrons. The van der Waals surface area contributed by atoms with E-state index in [-0.39, 0.29) is 0 Å². The van der Waals surface area contributed by atoms with Crippen molar-refractivity contribution in [3.63, 3.8) is 0 Å². The van der Waals surface area contributed by atoms with E-state index in [2.05, 4.69) is 38.3 Å². The van der Waals surface area contributed by atoms with Gasteiger partial charge in [0.1, 0.15) is 11.6 Å². The van der Waals surface area contributed by atoms with Gasteiger partial charge in [-0.25, -0.2) is 9.97 Å². The van der Waals surface area contributed by atoms with Crippen LogP contribution in [-0.4, -0.2) is 55.1 Å². The highest BCUT2D eigenvalue weighted by Gasteiger charge is 2.16. The van der Waals surface area contributed by atoms with Crippen LogP contribution in [0.3, 0.4) is 0 Å². The molecule has 1 aromatic heterocycles. The fourth-order valence-corrected chi connectivity index (χ4v) is 2.58. The Bertz CT molecular complexity index is 590. The second-order valence-corrected chi connectivity index (χ2v) is 5.46. The fraction of sp³-hybridized carbons (Fsp3) is 0.467. The molecule has 0 aliphatic carbocycles. The normalized spacial score (nSPS) is 16.1. The van der Waals surface area contributed by atoms with Crippen molar-refractivity contribution in [3.05, 3.63) is 30.1 Å². The smallest absolute Gasteiger partial charge is 0.145 e. The molecular weight excluding hydrogens is 250 g/mol. The van der Waals surface area contributed by atoms with E-state index in [0.717, 1.165) is 55.3 Å². The van der Waals surface area contributed by atoms with Gasteiger partial charge in [0.15, 0.2) is 0 Å². The molecule has 1 aliphatic heterocycles. The SMILES string of the molecule is CN(C)Cc1nc(N2CCNCC2)c2ccccc2n1. The second kappa shape index (κ2) is 5.73. The molecule has 0 spiro atoms. The molecule has 0 saturated carbocycles. The van der Waals surface area contributed by atoms with Gasteiger partial charge in [0, 0.05) is 31.6 Å². The van der Waals surface area contributed by atoms with Crippen LogP contribution in [0.1, 0.15) is 5.82 Å². The van der Waals surface area contributed by atoms with Gasteiger partial charge in [0.05, 0.1) is 12.1 Å². The molecule has 0 atom stereocenters. The Kier molecular flexibility index (Phi) is 3.80. The highest BCUT2D eigenvalue weighted by Crippen LogP contribution is 2.24. The zero-order valence-corrected chi connectivity index (χ0v) is 12.1. The van der Waals surface area contributed by atoms with Gasteiger partial charge in [0.25, 0.3) is 0 Å². The fourth-order valence-electron chi connectivity index (χ4n) is 2.58. The van der Waals surface area contributed by atoms with Crippen molar-refractivity contribution in [1.82, 2.24) is 20.2 Å². The van der Waals surface area contributed by atoms with Gasteiger partial charge < -0.3 is 15.1 Å². The molecule has 0 unspecified atom stereocenters. The Morgan fingerprint density at radius 2 is 1.90 bits per heavy atom. The minimum absolute atomic E-state index is 0.768. The molecule has 5 heteroatoms. The maximum Gasteiger partial charge on any atom is 0.145 e. The molecule has 1 N–H and O–H groups in total. The molecule has 0 amide bonds. The van der Waals surface area contributed by atoms with Crippen molar-refractivity contribution in [2.24, 2.45) is 0 Å². The average molecular weight is 271 g/mol. The van der Waals surface area contributed by atoms with Gasteiger partial charge in [0.2, 0.25) is 0 Å². The lowest BCUT2D eigenvalue weighted by molar-refractivity contribution is 0.391. The van der Waals surface area contributed by atoms with E-state index in [9.17, 15) is 0 Å². The van der Waals surface area contributed by atoms with Gasteiger partial charge in [-0.3, -0.25) is 0 Å². The number of para-hydroxylation sites is 1. The number of rotatable bonds is 3. The molecule has 2 heterocycles. The van der Waals surface area contributed by atoms with Crippen LogP contribution in [0.4, 0.5) is 5.82 Å². The van der Waals surface area contributed by atoms with Crippen LogP contribution in [-0.2, 0) is 6.54 Å². The summed E-state index contributed by atoms with van der Waals surface area (Å²) in [6, 6.07) is 8.29. The van der Waals surface area contributed by atoms with Gasteiger partial charge in [-0.2, -0.15) is 0 Å². The third-order valence-corrected chi connectivity index (χ3v) is 3.50. The van der Waals surface area contributed by atoms with Crippen LogP contribution in [0.5, 0.6) is 0 Å². The van der Waals surface area contributed by atoms with E-state index in [1.54, 1.807) is 0 Å². The molecular formula is C15H21N5. The van der Waals surface area contributed by atoms with E-state index < -0.39 is 0 Å². The first-order valence-electron chi connectivity index (χ1n) is 7.10. The van der Waals surface area contributed by atoms with Crippen molar-refractivity contribution in [2.45, 2.75) is 6.54 Å². The minimum atomic E-state index is 0.768. The lowest BCUT2D eigenvalue weighted by Gasteiger charge is -2.29. The molecule has 3 rings (SSSR count). The molecule has 0 bridgehead atoms. The van der Waals surface area contributed by atoms with Crippen LogP contribution < -0.4 is 10.2 Å². The van der Waals surface area contributed by atoms with Gasteiger partial charge in [-0.05, 0) is 26.2 Å². The lowest BCUT2D eigenvalue weighted by atomic mass is 10.2.